The average Bonchev–Trinajstić information content (AvgIpc) is 3.21. The van der Waals surface area contributed by atoms with Gasteiger partial charge in [-0.15, -0.1) is 0 Å². The number of nitrogens with one attached hydrogen (secondary N) is 2. The van der Waals surface area contributed by atoms with E-state index in [1.54, 1.807) is 60.7 Å². The summed E-state index contributed by atoms with van der Waals surface area (Å²) in [4.78, 5) is 40.2. The molecule has 1 saturated heterocycles. The van der Waals surface area contributed by atoms with Gasteiger partial charge in [0.1, 0.15) is 5.82 Å². The summed E-state index contributed by atoms with van der Waals surface area (Å²) in [6, 6.07) is 20.4. The zero-order chi connectivity index (χ0) is 25.7. The zero-order valence-corrected chi connectivity index (χ0v) is 20.1. The lowest BCUT2D eigenvalue weighted by molar-refractivity contribution is -0.127. The number of nitrogens with zero attached hydrogens (tertiary/aromatic N) is 1. The van der Waals surface area contributed by atoms with Crippen molar-refractivity contribution in [1.82, 2.24) is 10.2 Å². The molecule has 3 amide bonds. The van der Waals surface area contributed by atoms with Gasteiger partial charge in [-0.05, 0) is 60.9 Å². The van der Waals surface area contributed by atoms with E-state index in [9.17, 15) is 18.8 Å². The molecule has 4 rings (SSSR count). The molecule has 186 valence electrons. The topological polar surface area (TPSA) is 87.7 Å². The minimum absolute atomic E-state index is 0.0820. The molecule has 1 heterocycles. The van der Waals surface area contributed by atoms with Crippen molar-refractivity contribution in [3.05, 3.63) is 101 Å². The summed E-state index contributed by atoms with van der Waals surface area (Å²) in [7, 11) is 0. The Balaban J connectivity index is 1.61. The van der Waals surface area contributed by atoms with Gasteiger partial charge >= 0.3 is 6.09 Å². The highest BCUT2D eigenvalue weighted by atomic mass is 19.1. The molecule has 3 aromatic carbocycles. The summed E-state index contributed by atoms with van der Waals surface area (Å²) in [5.74, 6) is -1.01. The van der Waals surface area contributed by atoms with Gasteiger partial charge in [0.15, 0.2) is 12.1 Å². The fourth-order valence-corrected chi connectivity index (χ4v) is 4.01. The van der Waals surface area contributed by atoms with Crippen LogP contribution in [0, 0.1) is 5.82 Å². The second-order valence-electron chi connectivity index (χ2n) is 8.77. The van der Waals surface area contributed by atoms with Crippen LogP contribution < -0.4 is 10.6 Å². The molecule has 1 aliphatic rings. The van der Waals surface area contributed by atoms with Gasteiger partial charge < -0.3 is 15.4 Å². The summed E-state index contributed by atoms with van der Waals surface area (Å²) >= 11 is 0. The van der Waals surface area contributed by atoms with Crippen molar-refractivity contribution in [2.75, 3.05) is 5.32 Å². The van der Waals surface area contributed by atoms with Crippen molar-refractivity contribution in [3.63, 3.8) is 0 Å². The quantitative estimate of drug-likeness (QED) is 0.463. The Morgan fingerprint density at radius 1 is 1.03 bits per heavy atom. The molecule has 0 spiro atoms. The van der Waals surface area contributed by atoms with Crippen LogP contribution in [0.15, 0.2) is 78.9 Å². The molecule has 3 atom stereocenters. The third-order valence-corrected chi connectivity index (χ3v) is 6.13. The third kappa shape index (κ3) is 5.71. The smallest absolute Gasteiger partial charge is 0.411 e. The van der Waals surface area contributed by atoms with Gasteiger partial charge in [0.05, 0.1) is 6.54 Å². The van der Waals surface area contributed by atoms with E-state index in [-0.39, 0.29) is 30.2 Å². The van der Waals surface area contributed by atoms with Crippen molar-refractivity contribution < 1.29 is 23.5 Å². The maximum absolute atomic E-state index is 13.4. The fourth-order valence-electron chi connectivity index (χ4n) is 4.01. The number of halogens is 1. The minimum atomic E-state index is -0.948. The molecule has 0 radical (unpaired) electrons. The summed E-state index contributed by atoms with van der Waals surface area (Å²) in [6.07, 6.45) is -0.820. The van der Waals surface area contributed by atoms with E-state index in [1.807, 2.05) is 19.9 Å². The van der Waals surface area contributed by atoms with Gasteiger partial charge in [0.25, 0.3) is 5.91 Å². The summed E-state index contributed by atoms with van der Waals surface area (Å²) in [5.41, 5.74) is 2.25. The molecule has 0 bridgehead atoms. The monoisotopic (exact) mass is 489 g/mol. The van der Waals surface area contributed by atoms with E-state index in [4.69, 9.17) is 4.74 Å². The van der Waals surface area contributed by atoms with E-state index >= 15 is 0 Å². The Morgan fingerprint density at radius 2 is 1.75 bits per heavy atom. The largest absolute Gasteiger partial charge is 0.438 e. The van der Waals surface area contributed by atoms with Crippen LogP contribution in [0.4, 0.5) is 14.9 Å². The van der Waals surface area contributed by atoms with Gasteiger partial charge in [0, 0.05) is 17.3 Å². The highest BCUT2D eigenvalue weighted by Gasteiger charge is 2.47. The second kappa shape index (κ2) is 11.0. The number of ether oxygens (including phenoxy) is 1. The predicted octanol–water partition coefficient (Wildman–Crippen LogP) is 5.05. The number of hydrogen-bond donors (Lipinski definition) is 2. The average molecular weight is 490 g/mol. The standard InChI is InChI=1S/C28H28FN3O4/c1-3-18(2)30-27(34)24-25(36-28(35)32(24)17-19-12-14-22(29)15-13-19)21-10-7-11-23(16-21)31-26(33)20-8-5-4-6-9-20/h4-16,18,24-25H,3,17H2,1-2H3,(H,30,34)(H,31,33)/t18-,24-,25+/m0/s1. The minimum Gasteiger partial charge on any atom is -0.438 e. The lowest BCUT2D eigenvalue weighted by Crippen LogP contribution is -2.48. The summed E-state index contributed by atoms with van der Waals surface area (Å²) < 4.78 is 19.1. The van der Waals surface area contributed by atoms with Crippen LogP contribution in [0.1, 0.15) is 47.9 Å². The van der Waals surface area contributed by atoms with Crippen LogP contribution in [0.2, 0.25) is 0 Å². The first-order valence-electron chi connectivity index (χ1n) is 11.8. The lowest BCUT2D eigenvalue weighted by atomic mass is 9.99. The Labute approximate surface area is 209 Å². The van der Waals surface area contributed by atoms with E-state index in [1.165, 1.54) is 17.0 Å². The van der Waals surface area contributed by atoms with Gasteiger partial charge in [0.2, 0.25) is 5.91 Å². The van der Waals surface area contributed by atoms with Gasteiger partial charge in [-0.1, -0.05) is 49.4 Å². The van der Waals surface area contributed by atoms with Crippen LogP contribution in [0.5, 0.6) is 0 Å². The summed E-state index contributed by atoms with van der Waals surface area (Å²) in [6.45, 7) is 3.92. The van der Waals surface area contributed by atoms with Crippen LogP contribution >= 0.6 is 0 Å². The maximum Gasteiger partial charge on any atom is 0.411 e. The number of cyclic esters (lactones) is 1. The van der Waals surface area contributed by atoms with E-state index in [0.717, 1.165) is 6.42 Å². The van der Waals surface area contributed by atoms with Crippen molar-refractivity contribution >= 4 is 23.6 Å². The molecule has 8 heteroatoms. The second-order valence-corrected chi connectivity index (χ2v) is 8.77. The molecule has 7 nitrogen and oxygen atoms in total. The lowest BCUT2D eigenvalue weighted by Gasteiger charge is -2.26. The molecule has 0 saturated carbocycles. The Kier molecular flexibility index (Phi) is 7.63. The molecule has 36 heavy (non-hydrogen) atoms. The molecule has 0 unspecified atom stereocenters. The van der Waals surface area contributed by atoms with Crippen molar-refractivity contribution in [3.8, 4) is 0 Å². The maximum atomic E-state index is 13.4. The summed E-state index contributed by atoms with van der Waals surface area (Å²) in [5, 5.41) is 5.79. The predicted molar refractivity (Wildman–Crippen MR) is 134 cm³/mol. The van der Waals surface area contributed by atoms with E-state index in [2.05, 4.69) is 10.6 Å². The highest BCUT2D eigenvalue weighted by molar-refractivity contribution is 6.04. The molecular weight excluding hydrogens is 461 g/mol. The third-order valence-electron chi connectivity index (χ3n) is 6.13. The highest BCUT2D eigenvalue weighted by Crippen LogP contribution is 2.35. The van der Waals surface area contributed by atoms with Gasteiger partial charge in [-0.25, -0.2) is 9.18 Å². The number of anilines is 1. The van der Waals surface area contributed by atoms with Crippen molar-refractivity contribution in [2.45, 2.75) is 45.0 Å². The molecule has 0 aliphatic carbocycles. The molecule has 1 aliphatic heterocycles. The number of benzene rings is 3. The van der Waals surface area contributed by atoms with Crippen LogP contribution in [0.3, 0.4) is 0 Å². The van der Waals surface area contributed by atoms with Crippen molar-refractivity contribution in [2.24, 2.45) is 0 Å². The van der Waals surface area contributed by atoms with Gasteiger partial charge in [-0.2, -0.15) is 0 Å². The van der Waals surface area contributed by atoms with Crippen LogP contribution in [-0.4, -0.2) is 34.9 Å². The molecule has 2 N–H and O–H groups in total. The Hall–Kier alpha value is -4.20. The van der Waals surface area contributed by atoms with E-state index < -0.39 is 18.2 Å². The fraction of sp³-hybridized carbons (Fsp3) is 0.250. The first kappa shape index (κ1) is 24.9. The van der Waals surface area contributed by atoms with Gasteiger partial charge in [-0.3, -0.25) is 14.5 Å². The van der Waals surface area contributed by atoms with E-state index in [0.29, 0.717) is 22.4 Å². The SMILES string of the molecule is CC[C@H](C)NC(=O)[C@@H]1[C@@H](c2cccc(NC(=O)c3ccccc3)c2)OC(=O)N1Cc1ccc(F)cc1. The molecule has 0 aromatic heterocycles. The van der Waals surface area contributed by atoms with Crippen LogP contribution in [-0.2, 0) is 16.1 Å². The normalized spacial score (nSPS) is 17.9. The first-order valence-corrected chi connectivity index (χ1v) is 11.8. The Morgan fingerprint density at radius 3 is 2.44 bits per heavy atom. The first-order chi connectivity index (χ1) is 17.4. The number of rotatable bonds is 8. The Bertz CT molecular complexity index is 1230. The number of carbonyl (C=O) groups is 3. The van der Waals surface area contributed by atoms with Crippen molar-refractivity contribution in [1.29, 1.82) is 0 Å². The molecule has 1 fully saturated rings. The number of carbonyl (C=O) groups excluding carboxylic acids is 3. The van der Waals surface area contributed by atoms with Crippen LogP contribution in [0.25, 0.3) is 0 Å². The number of hydrogen-bond acceptors (Lipinski definition) is 4. The zero-order valence-electron chi connectivity index (χ0n) is 20.1. The number of amides is 3. The molecule has 3 aromatic rings. The molecular formula is C28H28FN3O4.